The monoisotopic (exact) mass is 231 g/mol. The summed E-state index contributed by atoms with van der Waals surface area (Å²) < 4.78 is 6.93. The summed E-state index contributed by atoms with van der Waals surface area (Å²) in [5.41, 5.74) is 1.04. The van der Waals surface area contributed by atoms with Crippen LogP contribution in [-0.4, -0.2) is 30.5 Å². The van der Waals surface area contributed by atoms with Crippen LogP contribution in [0.15, 0.2) is 6.20 Å². The van der Waals surface area contributed by atoms with Crippen LogP contribution in [0, 0.1) is 0 Å². The van der Waals surface area contributed by atoms with Gasteiger partial charge in [-0.15, -0.1) is 0 Å². The van der Waals surface area contributed by atoms with Gasteiger partial charge in [-0.1, -0.05) is 18.5 Å². The highest BCUT2D eigenvalue weighted by Gasteiger charge is 2.16. The summed E-state index contributed by atoms with van der Waals surface area (Å²) in [5.74, 6) is 0. The molecule has 1 atom stereocenters. The van der Waals surface area contributed by atoms with E-state index < -0.39 is 0 Å². The van der Waals surface area contributed by atoms with Gasteiger partial charge in [-0.2, -0.15) is 5.10 Å². The fourth-order valence-corrected chi connectivity index (χ4v) is 1.88. The third-order valence-corrected chi connectivity index (χ3v) is 2.72. The smallest absolute Gasteiger partial charge is 0.0834 e. The first-order chi connectivity index (χ1) is 7.24. The zero-order valence-electron chi connectivity index (χ0n) is 9.46. The summed E-state index contributed by atoms with van der Waals surface area (Å²) in [5, 5.41) is 8.18. The lowest BCUT2D eigenvalue weighted by molar-refractivity contribution is 0.181. The lowest BCUT2D eigenvalue weighted by Crippen LogP contribution is -2.21. The largest absolute Gasteiger partial charge is 0.383 e. The van der Waals surface area contributed by atoms with Gasteiger partial charge in [0.1, 0.15) is 0 Å². The topological polar surface area (TPSA) is 39.1 Å². The minimum Gasteiger partial charge on any atom is -0.383 e. The fraction of sp³-hybridized carbons (Fsp3) is 0.700. The summed E-state index contributed by atoms with van der Waals surface area (Å²) in [6, 6.07) is 0.247. The normalized spacial score (nSPS) is 13.1. The SMILES string of the molecule is CCC(NC)c1c(Cl)cnn1CCOC. The van der Waals surface area contributed by atoms with Gasteiger partial charge >= 0.3 is 0 Å². The van der Waals surface area contributed by atoms with Crippen molar-refractivity contribution < 1.29 is 4.74 Å². The third kappa shape index (κ3) is 2.93. The zero-order valence-corrected chi connectivity index (χ0v) is 10.2. The molecule has 0 amide bonds. The molecule has 0 spiro atoms. The highest BCUT2D eigenvalue weighted by atomic mass is 35.5. The summed E-state index contributed by atoms with van der Waals surface area (Å²) in [7, 11) is 3.61. The number of halogens is 1. The average molecular weight is 232 g/mol. The first-order valence-corrected chi connectivity index (χ1v) is 5.49. The van der Waals surface area contributed by atoms with Crippen molar-refractivity contribution >= 4 is 11.6 Å². The number of methoxy groups -OCH3 is 1. The number of nitrogens with zero attached hydrogens (tertiary/aromatic N) is 2. The van der Waals surface area contributed by atoms with Crippen LogP contribution in [0.3, 0.4) is 0 Å². The predicted octanol–water partition coefficient (Wildman–Crippen LogP) is 1.85. The highest BCUT2D eigenvalue weighted by Crippen LogP contribution is 2.24. The van der Waals surface area contributed by atoms with E-state index in [2.05, 4.69) is 17.3 Å². The van der Waals surface area contributed by atoms with E-state index in [1.165, 1.54) is 0 Å². The van der Waals surface area contributed by atoms with Gasteiger partial charge in [0.15, 0.2) is 0 Å². The van der Waals surface area contributed by atoms with Gasteiger partial charge in [-0.3, -0.25) is 4.68 Å². The molecule has 5 heteroatoms. The standard InChI is InChI=1S/C10H18ClN3O/c1-4-9(12-2)10-8(11)7-13-14(10)5-6-15-3/h7,9,12H,4-6H2,1-3H3. The van der Waals surface area contributed by atoms with Crippen LogP contribution in [0.5, 0.6) is 0 Å². The molecule has 1 unspecified atom stereocenters. The number of ether oxygens (including phenoxy) is 1. The summed E-state index contributed by atoms with van der Waals surface area (Å²) in [4.78, 5) is 0. The molecule has 0 saturated carbocycles. The quantitative estimate of drug-likeness (QED) is 0.812. The van der Waals surface area contributed by atoms with Gasteiger partial charge in [-0.25, -0.2) is 0 Å². The molecule has 0 aromatic carbocycles. The van der Waals surface area contributed by atoms with Crippen molar-refractivity contribution in [1.29, 1.82) is 0 Å². The Morgan fingerprint density at radius 3 is 2.93 bits per heavy atom. The molecule has 1 heterocycles. The van der Waals surface area contributed by atoms with Crippen LogP contribution in [-0.2, 0) is 11.3 Å². The Kier molecular flexibility index (Phi) is 5.08. The Morgan fingerprint density at radius 2 is 2.40 bits per heavy atom. The Balaban J connectivity index is 2.87. The number of rotatable bonds is 6. The van der Waals surface area contributed by atoms with Gasteiger partial charge in [0.25, 0.3) is 0 Å². The molecule has 0 saturated heterocycles. The molecule has 0 radical (unpaired) electrons. The molecule has 0 aliphatic carbocycles. The second-order valence-electron chi connectivity index (χ2n) is 3.34. The molecule has 0 aliphatic heterocycles. The van der Waals surface area contributed by atoms with Gasteiger partial charge in [0.2, 0.25) is 0 Å². The van der Waals surface area contributed by atoms with E-state index in [0.717, 1.165) is 18.7 Å². The van der Waals surface area contributed by atoms with E-state index in [9.17, 15) is 0 Å². The van der Waals surface area contributed by atoms with Crippen LogP contribution < -0.4 is 5.32 Å². The van der Waals surface area contributed by atoms with Crippen molar-refractivity contribution in [1.82, 2.24) is 15.1 Å². The Morgan fingerprint density at radius 1 is 1.67 bits per heavy atom. The fourth-order valence-electron chi connectivity index (χ4n) is 1.61. The lowest BCUT2D eigenvalue weighted by atomic mass is 10.1. The molecule has 4 nitrogen and oxygen atoms in total. The molecular formula is C10H18ClN3O. The Labute approximate surface area is 95.6 Å². The van der Waals surface area contributed by atoms with Crippen molar-refractivity contribution in [3.8, 4) is 0 Å². The van der Waals surface area contributed by atoms with Crippen LogP contribution >= 0.6 is 11.6 Å². The van der Waals surface area contributed by atoms with E-state index in [-0.39, 0.29) is 6.04 Å². The minimum atomic E-state index is 0.247. The summed E-state index contributed by atoms with van der Waals surface area (Å²) >= 11 is 6.11. The van der Waals surface area contributed by atoms with E-state index in [1.54, 1.807) is 13.3 Å². The molecule has 1 aromatic heterocycles. The second-order valence-corrected chi connectivity index (χ2v) is 3.75. The lowest BCUT2D eigenvalue weighted by Gasteiger charge is -2.16. The molecule has 1 N–H and O–H groups in total. The van der Waals surface area contributed by atoms with Gasteiger partial charge < -0.3 is 10.1 Å². The van der Waals surface area contributed by atoms with E-state index in [0.29, 0.717) is 11.6 Å². The molecule has 1 aromatic rings. The van der Waals surface area contributed by atoms with Crippen LogP contribution in [0.25, 0.3) is 0 Å². The van der Waals surface area contributed by atoms with Gasteiger partial charge in [-0.05, 0) is 13.5 Å². The van der Waals surface area contributed by atoms with Gasteiger partial charge in [0.05, 0.1) is 36.1 Å². The van der Waals surface area contributed by atoms with Gasteiger partial charge in [0, 0.05) is 7.11 Å². The average Bonchev–Trinajstić information content (AvgIpc) is 2.60. The van der Waals surface area contributed by atoms with E-state index in [4.69, 9.17) is 16.3 Å². The molecule has 15 heavy (non-hydrogen) atoms. The number of hydrogen-bond donors (Lipinski definition) is 1. The van der Waals surface area contributed by atoms with Crippen molar-refractivity contribution in [2.75, 3.05) is 20.8 Å². The Hall–Kier alpha value is -0.580. The summed E-state index contributed by atoms with van der Waals surface area (Å²) in [6.07, 6.45) is 2.67. The maximum absolute atomic E-state index is 6.11. The minimum absolute atomic E-state index is 0.247. The summed E-state index contributed by atoms with van der Waals surface area (Å²) in [6.45, 7) is 3.49. The first-order valence-electron chi connectivity index (χ1n) is 5.12. The maximum atomic E-state index is 6.11. The first kappa shape index (κ1) is 12.5. The van der Waals surface area contributed by atoms with Crippen LogP contribution in [0.2, 0.25) is 5.02 Å². The maximum Gasteiger partial charge on any atom is 0.0834 e. The molecule has 86 valence electrons. The highest BCUT2D eigenvalue weighted by molar-refractivity contribution is 6.31. The molecular weight excluding hydrogens is 214 g/mol. The van der Waals surface area contributed by atoms with Crippen molar-refractivity contribution in [3.05, 3.63) is 16.9 Å². The molecule has 1 rings (SSSR count). The van der Waals surface area contributed by atoms with Crippen LogP contribution in [0.4, 0.5) is 0 Å². The molecule has 0 aliphatic rings. The number of aromatic nitrogens is 2. The van der Waals surface area contributed by atoms with Crippen molar-refractivity contribution in [2.45, 2.75) is 25.9 Å². The van der Waals surface area contributed by atoms with E-state index in [1.807, 2.05) is 11.7 Å². The van der Waals surface area contributed by atoms with Crippen LogP contribution in [0.1, 0.15) is 25.1 Å². The third-order valence-electron chi connectivity index (χ3n) is 2.43. The predicted molar refractivity (Wildman–Crippen MR) is 61.2 cm³/mol. The number of nitrogens with one attached hydrogen (secondary N) is 1. The van der Waals surface area contributed by atoms with Crippen molar-refractivity contribution in [3.63, 3.8) is 0 Å². The Bertz CT molecular complexity index is 297. The van der Waals surface area contributed by atoms with Crippen molar-refractivity contribution in [2.24, 2.45) is 0 Å². The second kappa shape index (κ2) is 6.10. The molecule has 0 fully saturated rings. The van der Waals surface area contributed by atoms with E-state index >= 15 is 0 Å². The molecule has 0 bridgehead atoms. The number of hydrogen-bond acceptors (Lipinski definition) is 3. The zero-order chi connectivity index (χ0) is 11.3.